The third-order valence-electron chi connectivity index (χ3n) is 3.75. The van der Waals surface area contributed by atoms with E-state index < -0.39 is 11.6 Å². The Morgan fingerprint density at radius 1 is 1.26 bits per heavy atom. The zero-order valence-corrected chi connectivity index (χ0v) is 11.6. The maximum absolute atomic E-state index is 12.2. The van der Waals surface area contributed by atoms with Crippen LogP contribution in [-0.4, -0.2) is 73.3 Å². The molecule has 6 heteroatoms. The second kappa shape index (κ2) is 5.87. The van der Waals surface area contributed by atoms with E-state index >= 15 is 0 Å². The summed E-state index contributed by atoms with van der Waals surface area (Å²) in [6.07, 6.45) is -0.454. The lowest BCUT2D eigenvalue weighted by molar-refractivity contribution is -0.160. The first-order valence-corrected chi connectivity index (χ1v) is 6.69. The van der Waals surface area contributed by atoms with Crippen molar-refractivity contribution in [3.8, 4) is 6.07 Å². The van der Waals surface area contributed by atoms with Crippen LogP contribution in [0.25, 0.3) is 0 Å². The summed E-state index contributed by atoms with van der Waals surface area (Å²) in [4.78, 5) is 16.1. The molecule has 0 aromatic carbocycles. The summed E-state index contributed by atoms with van der Waals surface area (Å²) in [5, 5.41) is 9.12. The Morgan fingerprint density at radius 3 is 2.47 bits per heavy atom. The second-order valence-corrected chi connectivity index (χ2v) is 5.42. The average molecular weight is 267 g/mol. The topological polar surface area (TPSA) is 65.8 Å². The van der Waals surface area contributed by atoms with Gasteiger partial charge in [0.2, 0.25) is 0 Å². The number of piperazine rings is 1. The Hall–Kier alpha value is -1.16. The van der Waals surface area contributed by atoms with Crippen molar-refractivity contribution in [2.45, 2.75) is 25.5 Å². The molecule has 2 heterocycles. The predicted molar refractivity (Wildman–Crippen MR) is 68.4 cm³/mol. The molecule has 2 rings (SSSR count). The van der Waals surface area contributed by atoms with Crippen molar-refractivity contribution in [2.24, 2.45) is 0 Å². The van der Waals surface area contributed by atoms with Gasteiger partial charge in [-0.1, -0.05) is 0 Å². The predicted octanol–water partition coefficient (Wildman–Crippen LogP) is -0.152. The summed E-state index contributed by atoms with van der Waals surface area (Å²) in [6, 6.07) is 2.30. The Kier molecular flexibility index (Phi) is 4.40. The molecule has 0 N–H and O–H groups in total. The van der Waals surface area contributed by atoms with Gasteiger partial charge in [-0.3, -0.25) is 9.69 Å². The largest absolute Gasteiger partial charge is 0.376 e. The van der Waals surface area contributed by atoms with Crippen LogP contribution in [0.4, 0.5) is 0 Å². The van der Waals surface area contributed by atoms with Crippen molar-refractivity contribution in [2.75, 3.05) is 46.0 Å². The van der Waals surface area contributed by atoms with Gasteiger partial charge in [0, 0.05) is 26.2 Å². The highest BCUT2D eigenvalue weighted by molar-refractivity contribution is 5.81. The van der Waals surface area contributed by atoms with E-state index in [1.54, 1.807) is 0 Å². The zero-order valence-electron chi connectivity index (χ0n) is 11.6. The van der Waals surface area contributed by atoms with Gasteiger partial charge in [-0.05, 0) is 13.8 Å². The molecule has 19 heavy (non-hydrogen) atoms. The molecule has 0 aromatic rings. The van der Waals surface area contributed by atoms with Crippen molar-refractivity contribution in [3.63, 3.8) is 0 Å². The fraction of sp³-hybridized carbons (Fsp3) is 0.846. The number of rotatable bonds is 2. The molecule has 2 aliphatic heterocycles. The lowest BCUT2D eigenvalue weighted by Crippen LogP contribution is -2.57. The number of amides is 1. The summed E-state index contributed by atoms with van der Waals surface area (Å²) in [5.41, 5.74) is -0.473. The molecule has 106 valence electrons. The molecule has 0 spiro atoms. The summed E-state index contributed by atoms with van der Waals surface area (Å²) in [6.45, 7) is 7.94. The molecule has 2 saturated heterocycles. The van der Waals surface area contributed by atoms with Crippen molar-refractivity contribution in [3.05, 3.63) is 0 Å². The number of ether oxygens (including phenoxy) is 2. The number of nitrogens with zero attached hydrogens (tertiary/aromatic N) is 3. The summed E-state index contributed by atoms with van der Waals surface area (Å²) in [7, 11) is 0. The van der Waals surface area contributed by atoms with Crippen LogP contribution in [0.5, 0.6) is 0 Å². The van der Waals surface area contributed by atoms with Gasteiger partial charge in [-0.2, -0.15) is 5.26 Å². The summed E-state index contributed by atoms with van der Waals surface area (Å²) < 4.78 is 10.7. The molecule has 0 aliphatic carbocycles. The Labute approximate surface area is 113 Å². The first kappa shape index (κ1) is 14.3. The molecule has 6 nitrogen and oxygen atoms in total. The number of hydrogen-bond acceptors (Lipinski definition) is 5. The van der Waals surface area contributed by atoms with Gasteiger partial charge < -0.3 is 14.4 Å². The lowest BCUT2D eigenvalue weighted by Gasteiger charge is -2.41. The van der Waals surface area contributed by atoms with Crippen LogP contribution in [0.3, 0.4) is 0 Å². The molecular weight excluding hydrogens is 246 g/mol. The van der Waals surface area contributed by atoms with Gasteiger partial charge in [0.15, 0.2) is 6.10 Å². The van der Waals surface area contributed by atoms with Crippen LogP contribution in [0, 0.1) is 11.3 Å². The minimum Gasteiger partial charge on any atom is -0.376 e. The standard InChI is InChI=1S/C13H21N3O3/c1-13(2,10-14)16-5-3-15(4-6-16)12(17)11-9-18-7-8-19-11/h11H,3-9H2,1-2H3. The fourth-order valence-electron chi connectivity index (χ4n) is 2.39. The summed E-state index contributed by atoms with van der Waals surface area (Å²) >= 11 is 0. The highest BCUT2D eigenvalue weighted by Gasteiger charge is 2.34. The maximum atomic E-state index is 12.2. The van der Waals surface area contributed by atoms with Crippen LogP contribution in [0.2, 0.25) is 0 Å². The minimum atomic E-state index is -0.473. The molecule has 0 aromatic heterocycles. The zero-order chi connectivity index (χ0) is 13.9. The van der Waals surface area contributed by atoms with E-state index in [-0.39, 0.29) is 5.91 Å². The Morgan fingerprint density at radius 2 is 1.95 bits per heavy atom. The van der Waals surface area contributed by atoms with Gasteiger partial charge in [0.25, 0.3) is 5.91 Å². The third kappa shape index (κ3) is 3.24. The number of carbonyl (C=O) groups excluding carboxylic acids is 1. The van der Waals surface area contributed by atoms with Crippen molar-refractivity contribution < 1.29 is 14.3 Å². The van der Waals surface area contributed by atoms with E-state index in [1.165, 1.54) is 0 Å². The van der Waals surface area contributed by atoms with Crippen LogP contribution in [-0.2, 0) is 14.3 Å². The van der Waals surface area contributed by atoms with Crippen LogP contribution >= 0.6 is 0 Å². The quantitative estimate of drug-likeness (QED) is 0.696. The highest BCUT2D eigenvalue weighted by atomic mass is 16.6. The highest BCUT2D eigenvalue weighted by Crippen LogP contribution is 2.17. The van der Waals surface area contributed by atoms with Crippen LogP contribution in [0.15, 0.2) is 0 Å². The van der Waals surface area contributed by atoms with Crippen LogP contribution < -0.4 is 0 Å². The van der Waals surface area contributed by atoms with E-state index in [0.717, 1.165) is 13.1 Å². The smallest absolute Gasteiger partial charge is 0.254 e. The molecule has 2 aliphatic rings. The molecule has 1 atom stereocenters. The molecule has 2 fully saturated rings. The number of carbonyl (C=O) groups is 1. The van der Waals surface area contributed by atoms with Gasteiger partial charge in [-0.25, -0.2) is 0 Å². The monoisotopic (exact) mass is 267 g/mol. The molecule has 0 radical (unpaired) electrons. The minimum absolute atomic E-state index is 0.00844. The van der Waals surface area contributed by atoms with E-state index in [4.69, 9.17) is 14.7 Å². The molecule has 0 bridgehead atoms. The van der Waals surface area contributed by atoms with Crippen LogP contribution in [0.1, 0.15) is 13.8 Å². The first-order valence-electron chi connectivity index (χ1n) is 6.69. The fourth-order valence-corrected chi connectivity index (χ4v) is 2.39. The van der Waals surface area contributed by atoms with Gasteiger partial charge in [-0.15, -0.1) is 0 Å². The second-order valence-electron chi connectivity index (χ2n) is 5.42. The molecule has 1 unspecified atom stereocenters. The molecule has 1 amide bonds. The van der Waals surface area contributed by atoms with Gasteiger partial charge in [0.05, 0.1) is 25.9 Å². The SMILES string of the molecule is CC(C)(C#N)N1CCN(C(=O)C2COCCO2)CC1. The van der Waals surface area contributed by atoms with Gasteiger partial charge in [0.1, 0.15) is 5.54 Å². The van der Waals surface area contributed by atoms with E-state index in [1.807, 2.05) is 18.7 Å². The van der Waals surface area contributed by atoms with Gasteiger partial charge >= 0.3 is 0 Å². The van der Waals surface area contributed by atoms with Crippen molar-refractivity contribution >= 4 is 5.91 Å². The Balaban J connectivity index is 1.86. The first-order chi connectivity index (χ1) is 9.04. The molecule has 0 saturated carbocycles. The van der Waals surface area contributed by atoms with Crippen molar-refractivity contribution in [1.29, 1.82) is 5.26 Å². The van der Waals surface area contributed by atoms with E-state index in [0.29, 0.717) is 32.9 Å². The average Bonchev–Trinajstić information content (AvgIpc) is 2.47. The number of hydrogen-bond donors (Lipinski definition) is 0. The third-order valence-corrected chi connectivity index (χ3v) is 3.75. The summed E-state index contributed by atoms with van der Waals surface area (Å²) in [5.74, 6) is 0.00844. The van der Waals surface area contributed by atoms with E-state index in [2.05, 4.69) is 11.0 Å². The van der Waals surface area contributed by atoms with Crippen molar-refractivity contribution in [1.82, 2.24) is 9.80 Å². The number of nitriles is 1. The normalized spacial score (nSPS) is 25.9. The lowest BCUT2D eigenvalue weighted by atomic mass is 10.0. The molecular formula is C13H21N3O3. The van der Waals surface area contributed by atoms with E-state index in [9.17, 15) is 4.79 Å². The Bertz CT molecular complexity index is 364. The maximum Gasteiger partial charge on any atom is 0.254 e.